The van der Waals surface area contributed by atoms with Crippen molar-refractivity contribution >= 4 is 35.1 Å². The topological polar surface area (TPSA) is 115 Å². The standard InChI is InChI=1S/C24H30N6O4S/c1-17-16-35-20(25-17)14-21(32)29-12-10-28(11-13-29)15-19(31)27-30-22(33)24(2,26-23(30)34)9-8-18-6-4-3-5-7-18/h3-7,16H,8-15H2,1-2H3,(H,26,34)(H,27,31)/t24-/m0/s1. The van der Waals surface area contributed by atoms with Crippen LogP contribution in [-0.2, 0) is 27.2 Å². The van der Waals surface area contributed by atoms with Gasteiger partial charge in [-0.2, -0.15) is 5.01 Å². The number of nitrogens with one attached hydrogen (secondary N) is 2. The molecule has 0 radical (unpaired) electrons. The van der Waals surface area contributed by atoms with E-state index in [1.807, 2.05) is 47.5 Å². The number of amides is 5. The summed E-state index contributed by atoms with van der Waals surface area (Å²) in [7, 11) is 0. The van der Waals surface area contributed by atoms with Crippen LogP contribution < -0.4 is 10.7 Å². The van der Waals surface area contributed by atoms with Crippen LogP contribution in [0.25, 0.3) is 0 Å². The fourth-order valence-corrected chi connectivity index (χ4v) is 5.00. The molecule has 10 nitrogen and oxygen atoms in total. The molecule has 2 N–H and O–H groups in total. The number of piperazine rings is 1. The number of nitrogens with zero attached hydrogens (tertiary/aromatic N) is 4. The molecule has 2 aromatic rings. The largest absolute Gasteiger partial charge is 0.344 e. The van der Waals surface area contributed by atoms with E-state index in [-0.39, 0.29) is 18.9 Å². The molecule has 2 aliphatic rings. The van der Waals surface area contributed by atoms with Crippen LogP contribution in [0.15, 0.2) is 35.7 Å². The second-order valence-electron chi connectivity index (χ2n) is 9.14. The number of hydrogen-bond acceptors (Lipinski definition) is 7. The van der Waals surface area contributed by atoms with Gasteiger partial charge in [0.05, 0.1) is 13.0 Å². The van der Waals surface area contributed by atoms with Crippen molar-refractivity contribution < 1.29 is 19.2 Å². The van der Waals surface area contributed by atoms with Crippen LogP contribution in [0, 0.1) is 6.92 Å². The van der Waals surface area contributed by atoms with E-state index >= 15 is 0 Å². The van der Waals surface area contributed by atoms with Crippen LogP contribution in [0.4, 0.5) is 4.79 Å². The van der Waals surface area contributed by atoms with E-state index in [9.17, 15) is 19.2 Å². The van der Waals surface area contributed by atoms with Gasteiger partial charge in [-0.05, 0) is 32.3 Å². The lowest BCUT2D eigenvalue weighted by Crippen LogP contribution is -2.54. The number of urea groups is 1. The van der Waals surface area contributed by atoms with Gasteiger partial charge in [-0.15, -0.1) is 11.3 Å². The van der Waals surface area contributed by atoms with Gasteiger partial charge in [-0.3, -0.25) is 24.7 Å². The maximum absolute atomic E-state index is 12.9. The summed E-state index contributed by atoms with van der Waals surface area (Å²) >= 11 is 1.48. The lowest BCUT2D eigenvalue weighted by Gasteiger charge is -2.34. The number of carbonyl (C=O) groups excluding carboxylic acids is 4. The van der Waals surface area contributed by atoms with E-state index in [4.69, 9.17) is 0 Å². The first-order valence-electron chi connectivity index (χ1n) is 11.6. The van der Waals surface area contributed by atoms with Gasteiger partial charge >= 0.3 is 6.03 Å². The smallest absolute Gasteiger partial charge is 0.340 e. The lowest BCUT2D eigenvalue weighted by molar-refractivity contribution is -0.139. The zero-order valence-corrected chi connectivity index (χ0v) is 20.8. The monoisotopic (exact) mass is 498 g/mol. The minimum atomic E-state index is -1.08. The number of rotatable bonds is 8. The van der Waals surface area contributed by atoms with E-state index in [2.05, 4.69) is 15.7 Å². The zero-order chi connectivity index (χ0) is 25.0. The third-order valence-electron chi connectivity index (χ3n) is 6.32. The molecule has 2 fully saturated rings. The Hall–Kier alpha value is -3.31. The maximum atomic E-state index is 12.9. The quantitative estimate of drug-likeness (QED) is 0.527. The first kappa shape index (κ1) is 24.8. The van der Waals surface area contributed by atoms with Crippen molar-refractivity contribution in [3.05, 3.63) is 52.0 Å². The lowest BCUT2D eigenvalue weighted by atomic mass is 9.93. The van der Waals surface area contributed by atoms with Crippen molar-refractivity contribution in [2.45, 2.75) is 38.6 Å². The van der Waals surface area contributed by atoms with Crippen molar-refractivity contribution in [2.75, 3.05) is 32.7 Å². The Labute approximate surface area is 208 Å². The summed E-state index contributed by atoms with van der Waals surface area (Å²) in [5, 5.41) is 6.22. The van der Waals surface area contributed by atoms with Crippen LogP contribution in [0.3, 0.4) is 0 Å². The summed E-state index contributed by atoms with van der Waals surface area (Å²) in [5.74, 6) is -0.893. The molecule has 2 saturated heterocycles. The number of thiazole rings is 1. The van der Waals surface area contributed by atoms with Crippen LogP contribution in [0.2, 0.25) is 0 Å². The molecule has 1 aromatic heterocycles. The molecule has 0 saturated carbocycles. The van der Waals surface area contributed by atoms with Crippen LogP contribution in [-0.4, -0.2) is 81.8 Å². The predicted octanol–water partition coefficient (Wildman–Crippen LogP) is 1.11. The fraction of sp³-hybridized carbons (Fsp3) is 0.458. The van der Waals surface area contributed by atoms with Crippen LogP contribution in [0.1, 0.15) is 29.6 Å². The SMILES string of the molecule is Cc1csc(CC(=O)N2CCN(CC(=O)NN3C(=O)N[C@@](C)(CCc4ccccc4)C3=O)CC2)n1. The Morgan fingerprint density at radius 3 is 2.51 bits per heavy atom. The van der Waals surface area contributed by atoms with E-state index in [0.29, 0.717) is 39.0 Å². The normalized spacial score (nSPS) is 20.7. The first-order chi connectivity index (χ1) is 16.7. The Morgan fingerprint density at radius 2 is 1.86 bits per heavy atom. The van der Waals surface area contributed by atoms with Crippen molar-refractivity contribution in [3.63, 3.8) is 0 Å². The third-order valence-corrected chi connectivity index (χ3v) is 7.28. The van der Waals surface area contributed by atoms with E-state index < -0.39 is 23.4 Å². The van der Waals surface area contributed by atoms with Gasteiger partial charge in [-0.25, -0.2) is 9.78 Å². The molecule has 2 aliphatic heterocycles. The Balaban J connectivity index is 1.23. The summed E-state index contributed by atoms with van der Waals surface area (Å²) in [6.45, 7) is 5.69. The Kier molecular flexibility index (Phi) is 7.46. The summed E-state index contributed by atoms with van der Waals surface area (Å²) in [6.07, 6.45) is 1.33. The number of hydrazine groups is 1. The van der Waals surface area contributed by atoms with E-state index in [0.717, 1.165) is 21.3 Å². The molecule has 0 spiro atoms. The molecule has 1 atom stereocenters. The van der Waals surface area contributed by atoms with Gasteiger partial charge in [0.15, 0.2) is 0 Å². The number of aryl methyl sites for hydroxylation is 2. The molecule has 1 aromatic carbocycles. The highest BCUT2D eigenvalue weighted by atomic mass is 32.1. The Bertz CT molecular complexity index is 1100. The van der Waals surface area contributed by atoms with Crippen LogP contribution >= 0.6 is 11.3 Å². The van der Waals surface area contributed by atoms with Crippen molar-refractivity contribution in [1.29, 1.82) is 0 Å². The summed E-state index contributed by atoms with van der Waals surface area (Å²) < 4.78 is 0. The molecule has 5 amide bonds. The number of benzene rings is 1. The average molecular weight is 499 g/mol. The molecule has 35 heavy (non-hydrogen) atoms. The molecule has 0 bridgehead atoms. The minimum absolute atomic E-state index is 0.0255. The fourth-order valence-electron chi connectivity index (χ4n) is 4.24. The van der Waals surface area contributed by atoms with Gasteiger partial charge < -0.3 is 10.2 Å². The summed E-state index contributed by atoms with van der Waals surface area (Å²) in [6, 6.07) is 9.08. The molecule has 4 rings (SSSR count). The number of carbonyl (C=O) groups is 4. The van der Waals surface area contributed by atoms with Gasteiger partial charge in [0, 0.05) is 37.3 Å². The number of imide groups is 1. The summed E-state index contributed by atoms with van der Waals surface area (Å²) in [5.41, 5.74) is 3.35. The van der Waals surface area contributed by atoms with Crippen molar-refractivity contribution in [3.8, 4) is 0 Å². The van der Waals surface area contributed by atoms with Crippen molar-refractivity contribution in [1.82, 2.24) is 30.5 Å². The molecule has 11 heteroatoms. The molecule has 3 heterocycles. The van der Waals surface area contributed by atoms with Crippen molar-refractivity contribution in [2.24, 2.45) is 0 Å². The average Bonchev–Trinajstić information content (AvgIpc) is 3.34. The molecular weight excluding hydrogens is 468 g/mol. The third kappa shape index (κ3) is 6.04. The number of hydrogen-bond donors (Lipinski definition) is 2. The van der Waals surface area contributed by atoms with Gasteiger partial charge in [0.1, 0.15) is 10.5 Å². The van der Waals surface area contributed by atoms with E-state index in [1.54, 1.807) is 11.8 Å². The zero-order valence-electron chi connectivity index (χ0n) is 20.0. The highest BCUT2D eigenvalue weighted by molar-refractivity contribution is 7.09. The highest BCUT2D eigenvalue weighted by Gasteiger charge is 2.48. The second-order valence-corrected chi connectivity index (χ2v) is 10.1. The number of aromatic nitrogens is 1. The second kappa shape index (κ2) is 10.5. The molecule has 0 aliphatic carbocycles. The Morgan fingerprint density at radius 1 is 1.14 bits per heavy atom. The van der Waals surface area contributed by atoms with Gasteiger partial charge in [-0.1, -0.05) is 30.3 Å². The van der Waals surface area contributed by atoms with Gasteiger partial charge in [0.25, 0.3) is 11.8 Å². The highest BCUT2D eigenvalue weighted by Crippen LogP contribution is 2.22. The minimum Gasteiger partial charge on any atom is -0.340 e. The van der Waals surface area contributed by atoms with Crippen LogP contribution in [0.5, 0.6) is 0 Å². The summed E-state index contributed by atoms with van der Waals surface area (Å²) in [4.78, 5) is 58.5. The molecule has 186 valence electrons. The predicted molar refractivity (Wildman–Crippen MR) is 130 cm³/mol. The first-order valence-corrected chi connectivity index (χ1v) is 12.5. The maximum Gasteiger partial charge on any atom is 0.344 e. The van der Waals surface area contributed by atoms with E-state index in [1.165, 1.54) is 11.3 Å². The molecular formula is C24H30N6O4S. The van der Waals surface area contributed by atoms with Gasteiger partial charge in [0.2, 0.25) is 5.91 Å². The molecule has 0 unspecified atom stereocenters.